The standard InChI is InChI=1S/C18H32N2O4/c1-6-23-12-14-9-10-19(11-14)16(21)13(2)20(15-7-8-15)17(22)24-18(3,4)5/h13-15H,6-12H2,1-5H3/t13-,14+/m0/s1. The van der Waals surface area contributed by atoms with Crippen LogP contribution in [-0.4, -0.2) is 65.8 Å². The molecule has 0 unspecified atom stereocenters. The smallest absolute Gasteiger partial charge is 0.411 e. The molecule has 2 aliphatic rings. The monoisotopic (exact) mass is 340 g/mol. The van der Waals surface area contributed by atoms with Gasteiger partial charge in [-0.25, -0.2) is 4.79 Å². The van der Waals surface area contributed by atoms with Gasteiger partial charge in [0.1, 0.15) is 11.6 Å². The zero-order chi connectivity index (χ0) is 17.9. The summed E-state index contributed by atoms with van der Waals surface area (Å²) in [4.78, 5) is 28.9. The highest BCUT2D eigenvalue weighted by molar-refractivity contribution is 5.86. The van der Waals surface area contributed by atoms with E-state index < -0.39 is 11.6 Å². The van der Waals surface area contributed by atoms with Crippen molar-refractivity contribution in [2.24, 2.45) is 5.92 Å². The molecule has 1 aliphatic carbocycles. The van der Waals surface area contributed by atoms with Crippen LogP contribution in [0.5, 0.6) is 0 Å². The van der Waals surface area contributed by atoms with Gasteiger partial charge in [-0.05, 0) is 53.9 Å². The van der Waals surface area contributed by atoms with Crippen LogP contribution in [0.15, 0.2) is 0 Å². The number of hydrogen-bond donors (Lipinski definition) is 0. The van der Waals surface area contributed by atoms with Crippen molar-refractivity contribution in [3.63, 3.8) is 0 Å². The van der Waals surface area contributed by atoms with E-state index in [0.29, 0.717) is 19.1 Å². The van der Waals surface area contributed by atoms with Gasteiger partial charge in [0.15, 0.2) is 0 Å². The Kier molecular flexibility index (Phi) is 6.12. The Morgan fingerprint density at radius 2 is 1.92 bits per heavy atom. The first-order valence-corrected chi connectivity index (χ1v) is 9.10. The number of amides is 2. The molecule has 0 aromatic rings. The maximum atomic E-state index is 12.8. The Labute approximate surface area is 145 Å². The van der Waals surface area contributed by atoms with Crippen LogP contribution in [0.3, 0.4) is 0 Å². The zero-order valence-electron chi connectivity index (χ0n) is 15.7. The van der Waals surface area contributed by atoms with E-state index in [4.69, 9.17) is 9.47 Å². The van der Waals surface area contributed by atoms with E-state index in [0.717, 1.165) is 32.4 Å². The van der Waals surface area contributed by atoms with Gasteiger partial charge in [0.25, 0.3) is 0 Å². The summed E-state index contributed by atoms with van der Waals surface area (Å²) in [6.45, 7) is 12.2. The molecule has 0 N–H and O–H groups in total. The largest absolute Gasteiger partial charge is 0.444 e. The van der Waals surface area contributed by atoms with Crippen LogP contribution in [0.4, 0.5) is 4.79 Å². The number of carbonyl (C=O) groups excluding carboxylic acids is 2. The highest BCUT2D eigenvalue weighted by Gasteiger charge is 2.42. The van der Waals surface area contributed by atoms with E-state index in [1.54, 1.807) is 4.90 Å². The normalized spacial score (nSPS) is 22.4. The fourth-order valence-electron chi connectivity index (χ4n) is 3.13. The minimum Gasteiger partial charge on any atom is -0.444 e. The summed E-state index contributed by atoms with van der Waals surface area (Å²) in [5, 5.41) is 0. The summed E-state index contributed by atoms with van der Waals surface area (Å²) in [5.41, 5.74) is -0.552. The third-order valence-electron chi connectivity index (χ3n) is 4.47. The minimum atomic E-state index is -0.552. The molecule has 6 heteroatoms. The lowest BCUT2D eigenvalue weighted by Crippen LogP contribution is -2.51. The molecule has 0 aromatic heterocycles. The molecule has 0 spiro atoms. The third kappa shape index (κ3) is 5.10. The van der Waals surface area contributed by atoms with Gasteiger partial charge in [0, 0.05) is 31.7 Å². The van der Waals surface area contributed by atoms with E-state index >= 15 is 0 Å². The zero-order valence-corrected chi connectivity index (χ0v) is 15.7. The van der Waals surface area contributed by atoms with Crippen LogP contribution in [-0.2, 0) is 14.3 Å². The van der Waals surface area contributed by atoms with Gasteiger partial charge in [0.2, 0.25) is 5.91 Å². The Bertz CT molecular complexity index is 456. The first kappa shape index (κ1) is 19.0. The molecule has 1 aliphatic heterocycles. The number of hydrogen-bond acceptors (Lipinski definition) is 4. The third-order valence-corrected chi connectivity index (χ3v) is 4.47. The summed E-state index contributed by atoms with van der Waals surface area (Å²) >= 11 is 0. The molecule has 2 amide bonds. The molecule has 1 heterocycles. The number of carbonyl (C=O) groups is 2. The van der Waals surface area contributed by atoms with Crippen LogP contribution in [0.1, 0.15) is 53.9 Å². The van der Waals surface area contributed by atoms with Gasteiger partial charge in [-0.2, -0.15) is 0 Å². The molecule has 2 atom stereocenters. The molecule has 2 fully saturated rings. The highest BCUT2D eigenvalue weighted by Crippen LogP contribution is 2.31. The van der Waals surface area contributed by atoms with E-state index in [1.165, 1.54) is 0 Å². The number of nitrogens with zero attached hydrogens (tertiary/aromatic N) is 2. The predicted molar refractivity (Wildman–Crippen MR) is 91.7 cm³/mol. The molecular weight excluding hydrogens is 308 g/mol. The van der Waals surface area contributed by atoms with Crippen molar-refractivity contribution in [2.45, 2.75) is 71.6 Å². The van der Waals surface area contributed by atoms with Crippen LogP contribution in [0.2, 0.25) is 0 Å². The molecule has 138 valence electrons. The molecule has 2 rings (SSSR count). The average molecular weight is 340 g/mol. The summed E-state index contributed by atoms with van der Waals surface area (Å²) < 4.78 is 11.0. The van der Waals surface area contributed by atoms with Crippen molar-refractivity contribution < 1.29 is 19.1 Å². The van der Waals surface area contributed by atoms with Crippen molar-refractivity contribution in [3.05, 3.63) is 0 Å². The first-order valence-electron chi connectivity index (χ1n) is 9.10. The molecule has 0 aromatic carbocycles. The van der Waals surface area contributed by atoms with Crippen LogP contribution < -0.4 is 0 Å². The second-order valence-electron chi connectivity index (χ2n) is 7.89. The van der Waals surface area contributed by atoms with Gasteiger partial charge in [-0.3, -0.25) is 9.69 Å². The summed E-state index contributed by atoms with van der Waals surface area (Å²) in [5.74, 6) is 0.420. The molecule has 1 saturated carbocycles. The van der Waals surface area contributed by atoms with Crippen molar-refractivity contribution in [2.75, 3.05) is 26.3 Å². The van der Waals surface area contributed by atoms with Gasteiger partial charge in [-0.15, -0.1) is 0 Å². The molecule has 1 saturated heterocycles. The fourth-order valence-corrected chi connectivity index (χ4v) is 3.13. The minimum absolute atomic E-state index is 0.0201. The maximum absolute atomic E-state index is 12.8. The maximum Gasteiger partial charge on any atom is 0.411 e. The number of likely N-dealkylation sites (tertiary alicyclic amines) is 1. The Balaban J connectivity index is 1.96. The van der Waals surface area contributed by atoms with Crippen molar-refractivity contribution in [1.29, 1.82) is 0 Å². The Morgan fingerprint density at radius 3 is 2.46 bits per heavy atom. The van der Waals surface area contributed by atoms with Gasteiger partial charge in [-0.1, -0.05) is 0 Å². The van der Waals surface area contributed by atoms with Crippen LogP contribution in [0.25, 0.3) is 0 Å². The quantitative estimate of drug-likeness (QED) is 0.746. The molecule has 6 nitrogen and oxygen atoms in total. The SMILES string of the molecule is CCOC[C@@H]1CCN(C(=O)[C@H](C)N(C(=O)OC(C)(C)C)C2CC2)C1. The van der Waals surface area contributed by atoms with Crippen molar-refractivity contribution in [3.8, 4) is 0 Å². The van der Waals surface area contributed by atoms with Crippen molar-refractivity contribution >= 4 is 12.0 Å². The predicted octanol–water partition coefficient (Wildman–Crippen LogP) is 2.66. The number of rotatable bonds is 6. The van der Waals surface area contributed by atoms with Gasteiger partial charge in [0.05, 0.1) is 6.61 Å². The summed E-state index contributed by atoms with van der Waals surface area (Å²) in [6, 6.07) is -0.334. The molecule has 0 bridgehead atoms. The highest BCUT2D eigenvalue weighted by atomic mass is 16.6. The fraction of sp³-hybridized carbons (Fsp3) is 0.889. The van der Waals surface area contributed by atoms with Gasteiger partial charge < -0.3 is 14.4 Å². The summed E-state index contributed by atoms with van der Waals surface area (Å²) in [7, 11) is 0. The van der Waals surface area contributed by atoms with E-state index in [1.807, 2.05) is 39.5 Å². The first-order chi connectivity index (χ1) is 11.2. The second-order valence-corrected chi connectivity index (χ2v) is 7.89. The topological polar surface area (TPSA) is 59.1 Å². The van der Waals surface area contributed by atoms with Gasteiger partial charge >= 0.3 is 6.09 Å². The Morgan fingerprint density at radius 1 is 1.25 bits per heavy atom. The van der Waals surface area contributed by atoms with E-state index in [2.05, 4.69) is 0 Å². The lowest BCUT2D eigenvalue weighted by molar-refractivity contribution is -0.135. The van der Waals surface area contributed by atoms with E-state index in [9.17, 15) is 9.59 Å². The number of ether oxygens (including phenoxy) is 2. The average Bonchev–Trinajstić information content (AvgIpc) is 3.19. The van der Waals surface area contributed by atoms with Crippen LogP contribution in [0, 0.1) is 5.92 Å². The Hall–Kier alpha value is -1.30. The van der Waals surface area contributed by atoms with Crippen LogP contribution >= 0.6 is 0 Å². The lowest BCUT2D eigenvalue weighted by atomic mass is 10.1. The molecule has 24 heavy (non-hydrogen) atoms. The molecular formula is C18H32N2O4. The second kappa shape index (κ2) is 7.72. The van der Waals surface area contributed by atoms with Crippen molar-refractivity contribution in [1.82, 2.24) is 9.80 Å². The lowest BCUT2D eigenvalue weighted by Gasteiger charge is -2.33. The summed E-state index contributed by atoms with van der Waals surface area (Å²) in [6.07, 6.45) is 2.48. The van der Waals surface area contributed by atoms with E-state index in [-0.39, 0.29) is 18.0 Å². The molecule has 0 radical (unpaired) electrons.